The molecule has 25 heavy (non-hydrogen) atoms. The molecule has 0 saturated heterocycles. The van der Waals surface area contributed by atoms with Gasteiger partial charge in [-0.2, -0.15) is 0 Å². The first kappa shape index (κ1) is 15.3. The molecule has 5 heteroatoms. The van der Waals surface area contributed by atoms with Gasteiger partial charge < -0.3 is 14.5 Å². The molecule has 0 spiro atoms. The molecule has 0 radical (unpaired) electrons. The van der Waals surface area contributed by atoms with Crippen LogP contribution in [0.5, 0.6) is 5.75 Å². The van der Waals surface area contributed by atoms with Crippen molar-refractivity contribution in [1.82, 2.24) is 0 Å². The number of ether oxygens (including phenoxy) is 1. The Kier molecular flexibility index (Phi) is 3.90. The molecule has 0 aliphatic carbocycles. The fourth-order valence-corrected chi connectivity index (χ4v) is 3.04. The molecular weight excluding hydrogens is 316 g/mol. The summed E-state index contributed by atoms with van der Waals surface area (Å²) >= 11 is 0. The third kappa shape index (κ3) is 2.74. The Balaban J connectivity index is 1.78. The summed E-state index contributed by atoms with van der Waals surface area (Å²) in [5, 5.41) is 3.40. The van der Waals surface area contributed by atoms with Crippen molar-refractivity contribution in [2.24, 2.45) is 0 Å². The SMILES string of the molecule is CCOc1ccc(N2C(=O)c3ccccc3N[C@@H]2c2ccco2)cc1. The van der Waals surface area contributed by atoms with E-state index in [4.69, 9.17) is 9.15 Å². The lowest BCUT2D eigenvalue weighted by atomic mass is 10.1. The van der Waals surface area contributed by atoms with Crippen molar-refractivity contribution in [2.75, 3.05) is 16.8 Å². The summed E-state index contributed by atoms with van der Waals surface area (Å²) in [5.41, 5.74) is 2.21. The lowest BCUT2D eigenvalue weighted by Gasteiger charge is -2.36. The Hall–Kier alpha value is -3.21. The predicted octanol–water partition coefficient (Wildman–Crippen LogP) is 4.45. The number of hydrogen-bond acceptors (Lipinski definition) is 4. The van der Waals surface area contributed by atoms with E-state index in [2.05, 4.69) is 5.32 Å². The van der Waals surface area contributed by atoms with Crippen molar-refractivity contribution >= 4 is 17.3 Å². The number of rotatable bonds is 4. The fraction of sp³-hybridized carbons (Fsp3) is 0.150. The number of amides is 1. The molecule has 1 aliphatic rings. The highest BCUT2D eigenvalue weighted by atomic mass is 16.5. The second-order valence-corrected chi connectivity index (χ2v) is 5.71. The zero-order valence-corrected chi connectivity index (χ0v) is 13.8. The van der Waals surface area contributed by atoms with Gasteiger partial charge in [-0.15, -0.1) is 0 Å². The number of nitrogens with zero attached hydrogens (tertiary/aromatic N) is 1. The highest BCUT2D eigenvalue weighted by Crippen LogP contribution is 2.37. The summed E-state index contributed by atoms with van der Waals surface area (Å²) in [7, 11) is 0. The van der Waals surface area contributed by atoms with Gasteiger partial charge in [-0.1, -0.05) is 12.1 Å². The third-order valence-corrected chi connectivity index (χ3v) is 4.17. The minimum Gasteiger partial charge on any atom is -0.494 e. The summed E-state index contributed by atoms with van der Waals surface area (Å²) < 4.78 is 11.1. The van der Waals surface area contributed by atoms with Gasteiger partial charge in [0.2, 0.25) is 0 Å². The number of carbonyl (C=O) groups is 1. The van der Waals surface area contributed by atoms with Crippen LogP contribution in [0.2, 0.25) is 0 Å². The Bertz CT molecular complexity index is 872. The van der Waals surface area contributed by atoms with E-state index in [1.807, 2.05) is 67.6 Å². The van der Waals surface area contributed by atoms with E-state index in [9.17, 15) is 4.79 Å². The average molecular weight is 334 g/mol. The zero-order valence-electron chi connectivity index (χ0n) is 13.8. The van der Waals surface area contributed by atoms with E-state index in [1.165, 1.54) is 0 Å². The van der Waals surface area contributed by atoms with Crippen LogP contribution in [-0.4, -0.2) is 12.5 Å². The van der Waals surface area contributed by atoms with Crippen LogP contribution in [0.4, 0.5) is 11.4 Å². The first-order chi connectivity index (χ1) is 12.3. The number of nitrogens with one attached hydrogen (secondary N) is 1. The predicted molar refractivity (Wildman–Crippen MR) is 95.9 cm³/mol. The summed E-state index contributed by atoms with van der Waals surface area (Å²) in [6.07, 6.45) is 1.20. The molecule has 2 aromatic carbocycles. The third-order valence-electron chi connectivity index (χ3n) is 4.17. The number of para-hydroxylation sites is 1. The Morgan fingerprint density at radius 2 is 1.88 bits per heavy atom. The summed E-state index contributed by atoms with van der Waals surface area (Å²) in [4.78, 5) is 14.9. The van der Waals surface area contributed by atoms with Crippen LogP contribution in [0.3, 0.4) is 0 Å². The van der Waals surface area contributed by atoms with Crippen molar-refractivity contribution in [3.05, 3.63) is 78.3 Å². The fourth-order valence-electron chi connectivity index (χ4n) is 3.04. The quantitative estimate of drug-likeness (QED) is 0.766. The van der Waals surface area contributed by atoms with Crippen LogP contribution in [0.25, 0.3) is 0 Å². The molecule has 2 heterocycles. The van der Waals surface area contributed by atoms with Crippen LogP contribution in [-0.2, 0) is 0 Å². The second-order valence-electron chi connectivity index (χ2n) is 5.71. The standard InChI is InChI=1S/C20H18N2O3/c1-2-24-15-11-9-14(10-12-15)22-19(18-8-5-13-25-18)21-17-7-4-3-6-16(17)20(22)23/h3-13,19,21H,2H2,1H3/t19-/m0/s1. The van der Waals surface area contributed by atoms with Crippen LogP contribution >= 0.6 is 0 Å². The summed E-state index contributed by atoms with van der Waals surface area (Å²) in [6.45, 7) is 2.54. The van der Waals surface area contributed by atoms with Gasteiger partial charge >= 0.3 is 0 Å². The molecule has 0 saturated carbocycles. The maximum absolute atomic E-state index is 13.1. The minimum atomic E-state index is -0.407. The van der Waals surface area contributed by atoms with E-state index in [1.54, 1.807) is 11.2 Å². The van der Waals surface area contributed by atoms with Crippen molar-refractivity contribution in [3.63, 3.8) is 0 Å². The number of benzene rings is 2. The highest BCUT2D eigenvalue weighted by molar-refractivity contribution is 6.12. The molecule has 5 nitrogen and oxygen atoms in total. The monoisotopic (exact) mass is 334 g/mol. The van der Waals surface area contributed by atoms with Crippen LogP contribution < -0.4 is 15.0 Å². The van der Waals surface area contributed by atoms with Crippen molar-refractivity contribution in [3.8, 4) is 5.75 Å². The Morgan fingerprint density at radius 3 is 2.60 bits per heavy atom. The normalized spacial score (nSPS) is 16.3. The van der Waals surface area contributed by atoms with Gasteiger partial charge in [0.05, 0.1) is 18.4 Å². The number of fused-ring (bicyclic) bond motifs is 1. The summed E-state index contributed by atoms with van der Waals surface area (Å²) in [5.74, 6) is 1.38. The second kappa shape index (κ2) is 6.36. The Labute approximate surface area is 145 Å². The van der Waals surface area contributed by atoms with Gasteiger partial charge in [0, 0.05) is 11.4 Å². The van der Waals surface area contributed by atoms with Crippen LogP contribution in [0.15, 0.2) is 71.3 Å². The van der Waals surface area contributed by atoms with Gasteiger partial charge in [0.25, 0.3) is 5.91 Å². The van der Waals surface area contributed by atoms with Gasteiger partial charge in [-0.3, -0.25) is 9.69 Å². The van der Waals surface area contributed by atoms with Gasteiger partial charge in [0.1, 0.15) is 11.5 Å². The van der Waals surface area contributed by atoms with Crippen molar-refractivity contribution in [1.29, 1.82) is 0 Å². The Morgan fingerprint density at radius 1 is 1.08 bits per heavy atom. The van der Waals surface area contributed by atoms with Crippen LogP contribution in [0.1, 0.15) is 29.2 Å². The maximum Gasteiger partial charge on any atom is 0.262 e. The first-order valence-electron chi connectivity index (χ1n) is 8.23. The molecule has 1 amide bonds. The topological polar surface area (TPSA) is 54.7 Å². The summed E-state index contributed by atoms with van der Waals surface area (Å²) in [6, 6.07) is 18.7. The van der Waals surface area contributed by atoms with Crippen molar-refractivity contribution in [2.45, 2.75) is 13.1 Å². The lowest BCUT2D eigenvalue weighted by molar-refractivity contribution is 0.0971. The molecule has 0 bridgehead atoms. The molecule has 1 aliphatic heterocycles. The first-order valence-corrected chi connectivity index (χ1v) is 8.23. The number of hydrogen-bond donors (Lipinski definition) is 1. The largest absolute Gasteiger partial charge is 0.494 e. The number of carbonyl (C=O) groups excluding carboxylic acids is 1. The number of furan rings is 1. The van der Waals surface area contributed by atoms with Gasteiger partial charge in [-0.25, -0.2) is 0 Å². The molecular formula is C20H18N2O3. The van der Waals surface area contributed by atoms with Gasteiger partial charge in [0.15, 0.2) is 6.17 Å². The van der Waals surface area contributed by atoms with E-state index in [0.717, 1.165) is 17.1 Å². The highest BCUT2D eigenvalue weighted by Gasteiger charge is 2.35. The van der Waals surface area contributed by atoms with E-state index in [0.29, 0.717) is 17.9 Å². The molecule has 126 valence electrons. The maximum atomic E-state index is 13.1. The smallest absolute Gasteiger partial charge is 0.262 e. The van der Waals surface area contributed by atoms with Crippen molar-refractivity contribution < 1.29 is 13.9 Å². The molecule has 0 unspecified atom stereocenters. The van der Waals surface area contributed by atoms with E-state index < -0.39 is 6.17 Å². The molecule has 1 N–H and O–H groups in total. The zero-order chi connectivity index (χ0) is 17.2. The molecule has 1 atom stereocenters. The minimum absolute atomic E-state index is 0.0695. The van der Waals surface area contributed by atoms with E-state index in [-0.39, 0.29) is 5.91 Å². The van der Waals surface area contributed by atoms with E-state index >= 15 is 0 Å². The lowest BCUT2D eigenvalue weighted by Crippen LogP contribution is -2.43. The average Bonchev–Trinajstić information content (AvgIpc) is 3.17. The molecule has 3 aromatic rings. The molecule has 4 rings (SSSR count). The van der Waals surface area contributed by atoms with Gasteiger partial charge in [-0.05, 0) is 55.5 Å². The molecule has 0 fully saturated rings. The van der Waals surface area contributed by atoms with Crippen LogP contribution in [0, 0.1) is 0 Å². The molecule has 1 aromatic heterocycles. The number of anilines is 2.